The van der Waals surface area contributed by atoms with Gasteiger partial charge in [-0.3, -0.25) is 0 Å². The van der Waals surface area contributed by atoms with Gasteiger partial charge in [-0.25, -0.2) is 0 Å². The van der Waals surface area contributed by atoms with Gasteiger partial charge in [-0.05, 0) is 55.8 Å². The third kappa shape index (κ3) is 4.56. The molecule has 1 atom stereocenters. The molecule has 0 aliphatic heterocycles. The summed E-state index contributed by atoms with van der Waals surface area (Å²) < 4.78 is 7.72. The van der Waals surface area contributed by atoms with Crippen LogP contribution in [0.3, 0.4) is 0 Å². The van der Waals surface area contributed by atoms with Crippen LogP contribution >= 0.6 is 31.9 Å². The maximum absolute atomic E-state index is 5.53. The molecule has 0 spiro atoms. The van der Waals surface area contributed by atoms with Crippen LogP contribution in [0.15, 0.2) is 51.4 Å². The first-order valence-corrected chi connectivity index (χ1v) is 8.56. The van der Waals surface area contributed by atoms with Crippen LogP contribution in [0.5, 0.6) is 5.75 Å². The number of benzene rings is 2. The molecule has 0 saturated carbocycles. The van der Waals surface area contributed by atoms with Crippen LogP contribution < -0.4 is 10.1 Å². The van der Waals surface area contributed by atoms with Crippen LogP contribution in [0, 0.1) is 0 Å². The number of likely N-dealkylation sites (N-methyl/N-ethyl adjacent to an activating group) is 1. The summed E-state index contributed by atoms with van der Waals surface area (Å²) in [6, 6.07) is 14.9. The molecule has 0 fully saturated rings. The fourth-order valence-corrected chi connectivity index (χ4v) is 3.39. The molecule has 2 nitrogen and oxygen atoms in total. The second kappa shape index (κ2) is 7.97. The Labute approximate surface area is 143 Å². The minimum Gasteiger partial charge on any atom is -0.494 e. The van der Waals surface area contributed by atoms with Crippen molar-refractivity contribution in [3.63, 3.8) is 0 Å². The Hall–Kier alpha value is -0.840. The van der Waals surface area contributed by atoms with Gasteiger partial charge in [-0.1, -0.05) is 50.1 Å². The fourth-order valence-electron chi connectivity index (χ4n) is 2.31. The van der Waals surface area contributed by atoms with Gasteiger partial charge in [0.25, 0.3) is 0 Å². The number of hydrogen-bond donors (Lipinski definition) is 1. The molecule has 2 aromatic carbocycles. The van der Waals surface area contributed by atoms with E-state index in [-0.39, 0.29) is 6.04 Å². The standard InChI is InChI=1S/C17H19Br2NO/c1-3-21-14-7-8-15(16(19)11-14)17(20-2)10-12-5-4-6-13(18)9-12/h4-9,11,17,20H,3,10H2,1-2H3. The summed E-state index contributed by atoms with van der Waals surface area (Å²) in [5.74, 6) is 0.894. The molecule has 0 radical (unpaired) electrons. The molecule has 0 aliphatic rings. The lowest BCUT2D eigenvalue weighted by atomic mass is 9.99. The van der Waals surface area contributed by atoms with Crippen molar-refractivity contribution in [3.8, 4) is 5.75 Å². The lowest BCUT2D eigenvalue weighted by Gasteiger charge is -2.19. The molecule has 2 aromatic rings. The van der Waals surface area contributed by atoms with Gasteiger partial charge in [0.15, 0.2) is 0 Å². The summed E-state index contributed by atoms with van der Waals surface area (Å²) >= 11 is 7.18. The Morgan fingerprint density at radius 2 is 1.95 bits per heavy atom. The average molecular weight is 413 g/mol. The summed E-state index contributed by atoms with van der Waals surface area (Å²) in [5.41, 5.74) is 2.53. The lowest BCUT2D eigenvalue weighted by molar-refractivity contribution is 0.340. The van der Waals surface area contributed by atoms with Gasteiger partial charge < -0.3 is 10.1 Å². The smallest absolute Gasteiger partial charge is 0.120 e. The molecule has 0 saturated heterocycles. The maximum atomic E-state index is 5.53. The molecule has 0 heterocycles. The highest BCUT2D eigenvalue weighted by molar-refractivity contribution is 9.10. The minimum atomic E-state index is 0.254. The molecule has 0 amide bonds. The van der Waals surface area contributed by atoms with Crippen LogP contribution in [0.25, 0.3) is 0 Å². The fraction of sp³-hybridized carbons (Fsp3) is 0.294. The molecule has 2 rings (SSSR count). The van der Waals surface area contributed by atoms with E-state index in [1.807, 2.05) is 32.2 Å². The van der Waals surface area contributed by atoms with E-state index in [9.17, 15) is 0 Å². The van der Waals surface area contributed by atoms with Crippen molar-refractivity contribution < 1.29 is 4.74 Å². The summed E-state index contributed by atoms with van der Waals surface area (Å²) in [4.78, 5) is 0. The Balaban J connectivity index is 2.21. The van der Waals surface area contributed by atoms with E-state index in [0.29, 0.717) is 6.61 Å². The molecular formula is C17H19Br2NO. The predicted octanol–water partition coefficient (Wildman–Crippen LogP) is 5.11. The maximum Gasteiger partial charge on any atom is 0.120 e. The second-order valence-corrected chi connectivity index (χ2v) is 6.56. The van der Waals surface area contributed by atoms with Crippen LogP contribution in [0.4, 0.5) is 0 Å². The normalized spacial score (nSPS) is 12.2. The summed E-state index contributed by atoms with van der Waals surface area (Å²) in [6.07, 6.45) is 0.933. The molecule has 0 aliphatic carbocycles. The number of hydrogen-bond acceptors (Lipinski definition) is 2. The summed E-state index contributed by atoms with van der Waals surface area (Å²) in [7, 11) is 1.99. The average Bonchev–Trinajstić information content (AvgIpc) is 2.46. The molecule has 1 unspecified atom stereocenters. The van der Waals surface area contributed by atoms with Gasteiger partial charge in [-0.15, -0.1) is 0 Å². The van der Waals surface area contributed by atoms with E-state index < -0.39 is 0 Å². The SMILES string of the molecule is CCOc1ccc(C(Cc2cccc(Br)c2)NC)c(Br)c1. The zero-order chi connectivity index (χ0) is 15.2. The van der Waals surface area contributed by atoms with Crippen LogP contribution in [-0.4, -0.2) is 13.7 Å². The van der Waals surface area contributed by atoms with Crippen molar-refractivity contribution in [2.75, 3.05) is 13.7 Å². The minimum absolute atomic E-state index is 0.254. The first kappa shape index (κ1) is 16.5. The largest absolute Gasteiger partial charge is 0.494 e. The molecule has 112 valence electrons. The molecular weight excluding hydrogens is 394 g/mol. The van der Waals surface area contributed by atoms with Gasteiger partial charge in [0.2, 0.25) is 0 Å². The number of rotatable bonds is 6. The Bertz CT molecular complexity index is 601. The Morgan fingerprint density at radius 3 is 2.57 bits per heavy atom. The third-order valence-corrected chi connectivity index (χ3v) is 4.52. The lowest BCUT2D eigenvalue weighted by Crippen LogP contribution is -2.19. The van der Waals surface area contributed by atoms with Crippen molar-refractivity contribution in [1.82, 2.24) is 5.32 Å². The molecule has 0 aromatic heterocycles. The monoisotopic (exact) mass is 411 g/mol. The van der Waals surface area contributed by atoms with E-state index >= 15 is 0 Å². The summed E-state index contributed by atoms with van der Waals surface area (Å²) in [5, 5.41) is 3.39. The molecule has 21 heavy (non-hydrogen) atoms. The van der Waals surface area contributed by atoms with Gasteiger partial charge in [0, 0.05) is 15.0 Å². The highest BCUT2D eigenvalue weighted by atomic mass is 79.9. The van der Waals surface area contributed by atoms with E-state index in [4.69, 9.17) is 4.74 Å². The van der Waals surface area contributed by atoms with Crippen molar-refractivity contribution in [1.29, 1.82) is 0 Å². The first-order valence-electron chi connectivity index (χ1n) is 6.98. The first-order chi connectivity index (χ1) is 10.1. The van der Waals surface area contributed by atoms with Gasteiger partial charge in [-0.2, -0.15) is 0 Å². The Kier molecular flexibility index (Phi) is 6.27. The number of halogens is 2. The number of ether oxygens (including phenoxy) is 1. The van der Waals surface area contributed by atoms with E-state index in [1.165, 1.54) is 11.1 Å². The summed E-state index contributed by atoms with van der Waals surface area (Å²) in [6.45, 7) is 2.67. The molecule has 4 heteroatoms. The van der Waals surface area contributed by atoms with Gasteiger partial charge >= 0.3 is 0 Å². The van der Waals surface area contributed by atoms with Crippen molar-refractivity contribution >= 4 is 31.9 Å². The zero-order valence-corrected chi connectivity index (χ0v) is 15.4. The van der Waals surface area contributed by atoms with Crippen molar-refractivity contribution in [2.24, 2.45) is 0 Å². The van der Waals surface area contributed by atoms with Gasteiger partial charge in [0.05, 0.1) is 6.61 Å². The Morgan fingerprint density at radius 1 is 1.14 bits per heavy atom. The highest BCUT2D eigenvalue weighted by Gasteiger charge is 2.14. The van der Waals surface area contributed by atoms with Crippen molar-refractivity contribution in [2.45, 2.75) is 19.4 Å². The highest BCUT2D eigenvalue weighted by Crippen LogP contribution is 2.30. The van der Waals surface area contributed by atoms with Crippen molar-refractivity contribution in [3.05, 3.63) is 62.5 Å². The topological polar surface area (TPSA) is 21.3 Å². The zero-order valence-electron chi connectivity index (χ0n) is 12.2. The van der Waals surface area contributed by atoms with E-state index in [0.717, 1.165) is 21.1 Å². The van der Waals surface area contributed by atoms with Crippen LogP contribution in [0.2, 0.25) is 0 Å². The third-order valence-electron chi connectivity index (χ3n) is 3.34. The quantitative estimate of drug-likeness (QED) is 0.711. The van der Waals surface area contributed by atoms with Crippen LogP contribution in [-0.2, 0) is 6.42 Å². The second-order valence-electron chi connectivity index (χ2n) is 4.79. The van der Waals surface area contributed by atoms with E-state index in [2.05, 4.69) is 61.4 Å². The predicted molar refractivity (Wildman–Crippen MR) is 95.0 cm³/mol. The molecule has 0 bridgehead atoms. The van der Waals surface area contributed by atoms with Gasteiger partial charge in [0.1, 0.15) is 5.75 Å². The van der Waals surface area contributed by atoms with E-state index in [1.54, 1.807) is 0 Å². The molecule has 1 N–H and O–H groups in total. The number of nitrogens with one attached hydrogen (secondary N) is 1. The van der Waals surface area contributed by atoms with Crippen LogP contribution in [0.1, 0.15) is 24.1 Å².